The lowest BCUT2D eigenvalue weighted by Crippen LogP contribution is -2.13. The zero-order chi connectivity index (χ0) is 13.5. The maximum absolute atomic E-state index is 12.0. The number of nitrogens with one attached hydrogen (secondary N) is 1. The predicted octanol–water partition coefficient (Wildman–Crippen LogP) is 1.04. The van der Waals surface area contributed by atoms with Gasteiger partial charge in [-0.05, 0) is 18.2 Å². The first-order chi connectivity index (χ1) is 9.29. The minimum Gasteiger partial charge on any atom is -0.320 e. The van der Waals surface area contributed by atoms with Gasteiger partial charge in [0.15, 0.2) is 5.82 Å². The first-order valence-electron chi connectivity index (χ1n) is 5.66. The molecule has 1 heterocycles. The minimum absolute atomic E-state index is 0.253. The van der Waals surface area contributed by atoms with Crippen molar-refractivity contribution in [2.75, 3.05) is 11.9 Å². The highest BCUT2D eigenvalue weighted by atomic mass is 16.1. The van der Waals surface area contributed by atoms with Crippen LogP contribution in [0.5, 0.6) is 0 Å². The average molecular weight is 252 g/mol. The van der Waals surface area contributed by atoms with E-state index >= 15 is 0 Å². The summed E-state index contributed by atoms with van der Waals surface area (Å²) in [6.45, 7) is 0.288. The standard InChI is InChI=1S/C14H12N4O/c15-6-2-4-11-3-1-5-12(9-11)14(19)18-13-10-16-7-8-17-13/h1,3,5,7-10H,6,15H2,(H,17,18,19). The molecule has 3 N–H and O–H groups in total. The van der Waals surface area contributed by atoms with Crippen molar-refractivity contribution in [1.29, 1.82) is 0 Å². The van der Waals surface area contributed by atoms with E-state index in [1.54, 1.807) is 24.4 Å². The van der Waals surface area contributed by atoms with Gasteiger partial charge < -0.3 is 11.1 Å². The molecule has 94 valence electrons. The van der Waals surface area contributed by atoms with Crippen molar-refractivity contribution in [1.82, 2.24) is 9.97 Å². The van der Waals surface area contributed by atoms with Gasteiger partial charge in [0.05, 0.1) is 12.7 Å². The van der Waals surface area contributed by atoms with Crippen LogP contribution in [0.25, 0.3) is 0 Å². The SMILES string of the molecule is NCC#Cc1cccc(C(=O)Nc2cnccn2)c1. The maximum Gasteiger partial charge on any atom is 0.256 e. The molecule has 0 bridgehead atoms. The molecule has 0 unspecified atom stereocenters. The molecule has 1 aromatic carbocycles. The first-order valence-corrected chi connectivity index (χ1v) is 5.66. The predicted molar refractivity (Wildman–Crippen MR) is 72.4 cm³/mol. The van der Waals surface area contributed by atoms with Crippen LogP contribution in [0, 0.1) is 11.8 Å². The third-order valence-corrected chi connectivity index (χ3v) is 2.26. The largest absolute Gasteiger partial charge is 0.320 e. The number of carbonyl (C=O) groups is 1. The van der Waals surface area contributed by atoms with Gasteiger partial charge in [-0.1, -0.05) is 17.9 Å². The van der Waals surface area contributed by atoms with E-state index in [0.717, 1.165) is 5.56 Å². The van der Waals surface area contributed by atoms with Crippen LogP contribution in [0.15, 0.2) is 42.9 Å². The van der Waals surface area contributed by atoms with Crippen LogP contribution in [-0.4, -0.2) is 22.4 Å². The van der Waals surface area contributed by atoms with E-state index in [2.05, 4.69) is 27.1 Å². The van der Waals surface area contributed by atoms with E-state index in [0.29, 0.717) is 11.4 Å². The van der Waals surface area contributed by atoms with E-state index in [1.165, 1.54) is 12.4 Å². The molecule has 0 saturated carbocycles. The summed E-state index contributed by atoms with van der Waals surface area (Å²) in [6, 6.07) is 7.00. The zero-order valence-electron chi connectivity index (χ0n) is 10.1. The van der Waals surface area contributed by atoms with E-state index < -0.39 is 0 Å². The van der Waals surface area contributed by atoms with Gasteiger partial charge in [0, 0.05) is 23.5 Å². The molecule has 1 aromatic heterocycles. The molecule has 0 fully saturated rings. The van der Waals surface area contributed by atoms with Crippen LogP contribution in [0.1, 0.15) is 15.9 Å². The van der Waals surface area contributed by atoms with Crippen molar-refractivity contribution < 1.29 is 4.79 Å². The van der Waals surface area contributed by atoms with Crippen molar-refractivity contribution in [2.24, 2.45) is 5.73 Å². The molecular weight excluding hydrogens is 240 g/mol. The number of carbonyl (C=O) groups excluding carboxylic acids is 1. The Kier molecular flexibility index (Phi) is 4.21. The van der Waals surface area contributed by atoms with Crippen LogP contribution < -0.4 is 11.1 Å². The Labute approximate surface area is 110 Å². The monoisotopic (exact) mass is 252 g/mol. The van der Waals surface area contributed by atoms with E-state index in [-0.39, 0.29) is 12.5 Å². The smallest absolute Gasteiger partial charge is 0.256 e. The number of hydrogen-bond donors (Lipinski definition) is 2. The Hall–Kier alpha value is -2.71. The first kappa shape index (κ1) is 12.7. The third kappa shape index (κ3) is 3.63. The van der Waals surface area contributed by atoms with Crippen LogP contribution in [-0.2, 0) is 0 Å². The molecule has 1 amide bonds. The van der Waals surface area contributed by atoms with E-state index in [4.69, 9.17) is 5.73 Å². The summed E-state index contributed by atoms with van der Waals surface area (Å²) in [7, 11) is 0. The molecule has 0 aliphatic carbocycles. The molecule has 2 rings (SSSR count). The van der Waals surface area contributed by atoms with Gasteiger partial charge in [0.2, 0.25) is 0 Å². The quantitative estimate of drug-likeness (QED) is 0.782. The Morgan fingerprint density at radius 2 is 2.26 bits per heavy atom. The van der Waals surface area contributed by atoms with Crippen LogP contribution in [0.4, 0.5) is 5.82 Å². The molecular formula is C14H12N4O. The lowest BCUT2D eigenvalue weighted by Gasteiger charge is -2.03. The van der Waals surface area contributed by atoms with Gasteiger partial charge in [-0.25, -0.2) is 4.98 Å². The molecule has 0 saturated heterocycles. The second kappa shape index (κ2) is 6.28. The molecule has 0 spiro atoms. The maximum atomic E-state index is 12.0. The highest BCUT2D eigenvalue weighted by Crippen LogP contribution is 2.07. The summed E-state index contributed by atoms with van der Waals surface area (Å²) in [6.07, 6.45) is 4.54. The van der Waals surface area contributed by atoms with Gasteiger partial charge in [-0.15, -0.1) is 0 Å². The van der Waals surface area contributed by atoms with E-state index in [9.17, 15) is 4.79 Å². The molecule has 0 aliphatic heterocycles. The highest BCUT2D eigenvalue weighted by molar-refractivity contribution is 6.03. The molecule has 19 heavy (non-hydrogen) atoms. The van der Waals surface area contributed by atoms with Crippen LogP contribution in [0.2, 0.25) is 0 Å². The molecule has 2 aromatic rings. The fourth-order valence-corrected chi connectivity index (χ4v) is 1.44. The fraction of sp³-hybridized carbons (Fsp3) is 0.0714. The van der Waals surface area contributed by atoms with Crippen molar-refractivity contribution in [3.63, 3.8) is 0 Å². The topological polar surface area (TPSA) is 80.9 Å². The van der Waals surface area contributed by atoms with Crippen LogP contribution in [0.3, 0.4) is 0 Å². The number of rotatable bonds is 2. The number of nitrogens with two attached hydrogens (primary N) is 1. The van der Waals surface area contributed by atoms with Crippen molar-refractivity contribution in [2.45, 2.75) is 0 Å². The van der Waals surface area contributed by atoms with Gasteiger partial charge in [-0.3, -0.25) is 9.78 Å². The van der Waals surface area contributed by atoms with Gasteiger partial charge in [-0.2, -0.15) is 0 Å². The molecule has 5 heteroatoms. The fourth-order valence-electron chi connectivity index (χ4n) is 1.44. The Morgan fingerprint density at radius 3 is 3.00 bits per heavy atom. The summed E-state index contributed by atoms with van der Waals surface area (Å²) in [5.74, 6) is 5.78. The van der Waals surface area contributed by atoms with Gasteiger partial charge in [0.25, 0.3) is 5.91 Å². The summed E-state index contributed by atoms with van der Waals surface area (Å²) < 4.78 is 0. The number of anilines is 1. The lowest BCUT2D eigenvalue weighted by atomic mass is 10.1. The van der Waals surface area contributed by atoms with Gasteiger partial charge >= 0.3 is 0 Å². The molecule has 0 atom stereocenters. The van der Waals surface area contributed by atoms with Crippen molar-refractivity contribution >= 4 is 11.7 Å². The normalized spacial score (nSPS) is 9.32. The lowest BCUT2D eigenvalue weighted by molar-refractivity contribution is 0.102. The third-order valence-electron chi connectivity index (χ3n) is 2.26. The summed E-state index contributed by atoms with van der Waals surface area (Å²) >= 11 is 0. The summed E-state index contributed by atoms with van der Waals surface area (Å²) in [5, 5.41) is 2.66. The molecule has 0 radical (unpaired) electrons. The van der Waals surface area contributed by atoms with Crippen molar-refractivity contribution in [3.05, 3.63) is 54.0 Å². The summed E-state index contributed by atoms with van der Waals surface area (Å²) in [5.41, 5.74) is 6.56. The number of aromatic nitrogens is 2. The molecule has 5 nitrogen and oxygen atoms in total. The number of benzene rings is 1. The second-order valence-corrected chi connectivity index (χ2v) is 3.63. The number of hydrogen-bond acceptors (Lipinski definition) is 4. The van der Waals surface area contributed by atoms with Crippen LogP contribution >= 0.6 is 0 Å². The average Bonchev–Trinajstić information content (AvgIpc) is 2.46. The number of amides is 1. The molecule has 0 aliphatic rings. The number of nitrogens with zero attached hydrogens (tertiary/aromatic N) is 2. The van der Waals surface area contributed by atoms with Crippen molar-refractivity contribution in [3.8, 4) is 11.8 Å². The Balaban J connectivity index is 2.15. The van der Waals surface area contributed by atoms with Gasteiger partial charge in [0.1, 0.15) is 0 Å². The Bertz CT molecular complexity index is 629. The van der Waals surface area contributed by atoms with E-state index in [1.807, 2.05) is 6.07 Å². The zero-order valence-corrected chi connectivity index (χ0v) is 10.1. The Morgan fingerprint density at radius 1 is 1.37 bits per heavy atom. The minimum atomic E-state index is -0.253. The second-order valence-electron chi connectivity index (χ2n) is 3.63. The summed E-state index contributed by atoms with van der Waals surface area (Å²) in [4.78, 5) is 19.8. The highest BCUT2D eigenvalue weighted by Gasteiger charge is 2.06.